The van der Waals surface area contributed by atoms with Gasteiger partial charge in [0.05, 0.1) is 37.4 Å². The topological polar surface area (TPSA) is 220 Å². The summed E-state index contributed by atoms with van der Waals surface area (Å²) in [5.41, 5.74) is 12.2. The summed E-state index contributed by atoms with van der Waals surface area (Å²) in [5.74, 6) is 7.79. The average molecular weight is 1210 g/mol. The van der Waals surface area contributed by atoms with Crippen LogP contribution >= 0.6 is 23.5 Å². The summed E-state index contributed by atoms with van der Waals surface area (Å²) in [6.07, 6.45) is 0.155. The van der Waals surface area contributed by atoms with Crippen molar-refractivity contribution >= 4 is 64.4 Å². The molecule has 3 unspecified atom stereocenters. The van der Waals surface area contributed by atoms with Crippen LogP contribution in [-0.4, -0.2) is 98.1 Å². The Morgan fingerprint density at radius 3 is 1.98 bits per heavy atom. The number of rotatable bonds is 27. The maximum atomic E-state index is 14.5. The molecule has 452 valence electrons. The zero-order valence-corrected chi connectivity index (χ0v) is 51.5. The second-order valence-corrected chi connectivity index (χ2v) is 24.2. The van der Waals surface area contributed by atoms with Crippen molar-refractivity contribution in [3.8, 4) is 40.6 Å². The summed E-state index contributed by atoms with van der Waals surface area (Å²) in [6, 6.07) is 38.5. The standard InChI is InChI=1S/C67H76N6O11S2/c1-9-81-51-23-20-46(21-24-51)65-72(49-17-13-15-47(38-49)61(68)76)63(78)57(85-65)39-59(74)70-33-30-45-19-27-54(56(37-45)83-11-3)84-41-71-62(77)52-25-22-50(34-42(52)4)73-64(79)58(86-66(73)48-16-12-14-43(35-48)28-31-67(5,6)7)40-60(75)69-32-29-44-18-26-53(82-10-2)55(36-44)80-8/h12-27,34-38,57-59,65-66,70,74H,9-11,29-30,32-33,39-41H2,1-8H3,(H2,68,76)(H,69,75)(H,71,77)/t57-,58?,59?,65+,66?/m1/s1. The number of hydrogen-bond donors (Lipinski definition) is 5. The molecule has 2 heterocycles. The van der Waals surface area contributed by atoms with E-state index in [1.807, 2.05) is 133 Å². The molecule has 0 radical (unpaired) electrons. The zero-order chi connectivity index (χ0) is 61.5. The van der Waals surface area contributed by atoms with E-state index >= 15 is 0 Å². The summed E-state index contributed by atoms with van der Waals surface area (Å²) in [4.78, 5) is 71.4. The van der Waals surface area contributed by atoms with Crippen molar-refractivity contribution in [3.63, 3.8) is 0 Å². The Morgan fingerprint density at radius 1 is 0.674 bits per heavy atom. The molecule has 19 heteroatoms. The Morgan fingerprint density at radius 2 is 1.30 bits per heavy atom. The lowest BCUT2D eigenvalue weighted by molar-refractivity contribution is -0.124. The van der Waals surface area contributed by atoms with E-state index in [0.29, 0.717) is 97.0 Å². The van der Waals surface area contributed by atoms with E-state index < -0.39 is 33.4 Å². The Bertz CT molecular complexity index is 3450. The normalized spacial score (nSPS) is 16.9. The average Bonchev–Trinajstić information content (AvgIpc) is 2.30. The molecule has 2 saturated heterocycles. The molecule has 86 heavy (non-hydrogen) atoms. The fraction of sp³-hybridized carbons (Fsp3) is 0.358. The molecular formula is C67H76N6O11S2. The smallest absolute Gasteiger partial charge is 0.254 e. The molecule has 2 fully saturated rings. The van der Waals surface area contributed by atoms with Crippen LogP contribution in [0.15, 0.2) is 127 Å². The van der Waals surface area contributed by atoms with Crippen molar-refractivity contribution in [2.24, 2.45) is 11.1 Å². The van der Waals surface area contributed by atoms with Crippen LogP contribution in [0.5, 0.6) is 28.7 Å². The number of primary amides is 1. The predicted molar refractivity (Wildman–Crippen MR) is 338 cm³/mol. The minimum atomic E-state index is -1.01. The fourth-order valence-corrected chi connectivity index (χ4v) is 12.9. The van der Waals surface area contributed by atoms with Gasteiger partial charge in [0, 0.05) is 59.4 Å². The molecule has 0 aliphatic carbocycles. The van der Waals surface area contributed by atoms with E-state index in [0.717, 1.165) is 27.8 Å². The van der Waals surface area contributed by atoms with Gasteiger partial charge < -0.3 is 45.2 Å². The number of nitrogens with one attached hydrogen (secondary N) is 3. The molecule has 5 atom stereocenters. The third-order valence-electron chi connectivity index (χ3n) is 14.1. The molecule has 2 aliphatic rings. The number of thioether (sulfide) groups is 2. The van der Waals surface area contributed by atoms with Gasteiger partial charge in [-0.3, -0.25) is 39.1 Å². The SMILES string of the molecule is CCOc1ccc([C@@H]2S[C@H](CC(O)NCCc3ccc(OCNC(=O)c4ccc(N5C(=O)C(CC(=O)NCCc6ccc(OCC)c(OC)c6)SC5c5cccc(C#CC(C)(C)C)c5)cc4C)c(OCC)c3)C(=O)N2c2cccc(C(N)=O)c2)cc1. The number of methoxy groups -OCH3 is 1. The maximum Gasteiger partial charge on any atom is 0.254 e. The highest BCUT2D eigenvalue weighted by Gasteiger charge is 2.44. The Kier molecular flexibility index (Phi) is 22.1. The van der Waals surface area contributed by atoms with Crippen molar-refractivity contribution in [1.82, 2.24) is 16.0 Å². The van der Waals surface area contributed by atoms with Crippen LogP contribution < -0.4 is 55.2 Å². The van der Waals surface area contributed by atoms with Crippen LogP contribution in [0.1, 0.15) is 119 Å². The fourth-order valence-electron chi connectivity index (χ4n) is 9.92. The van der Waals surface area contributed by atoms with Gasteiger partial charge in [0.15, 0.2) is 29.7 Å². The second kappa shape index (κ2) is 29.8. The van der Waals surface area contributed by atoms with Gasteiger partial charge in [-0.1, -0.05) is 54.3 Å². The number of aliphatic hydroxyl groups is 1. The highest BCUT2D eigenvalue weighted by Crippen LogP contribution is 2.49. The summed E-state index contributed by atoms with van der Waals surface area (Å²) in [5, 5.41) is 18.1. The number of nitrogens with two attached hydrogens (primary N) is 1. The predicted octanol–water partition coefficient (Wildman–Crippen LogP) is 10.0. The number of carbonyl (C=O) groups excluding carboxylic acids is 5. The number of aliphatic hydroxyl groups excluding tert-OH is 1. The molecule has 0 spiro atoms. The lowest BCUT2D eigenvalue weighted by atomic mass is 9.97. The summed E-state index contributed by atoms with van der Waals surface area (Å²) in [7, 11) is 1.59. The van der Waals surface area contributed by atoms with Crippen molar-refractivity contribution in [3.05, 3.63) is 172 Å². The highest BCUT2D eigenvalue weighted by atomic mass is 32.2. The second-order valence-electron chi connectivity index (χ2n) is 21.6. The van der Waals surface area contributed by atoms with Gasteiger partial charge in [0.25, 0.3) is 5.91 Å². The first-order valence-electron chi connectivity index (χ1n) is 28.8. The molecule has 5 amide bonds. The van der Waals surface area contributed by atoms with Crippen LogP contribution in [0.3, 0.4) is 0 Å². The zero-order valence-electron chi connectivity index (χ0n) is 49.9. The number of carbonyl (C=O) groups is 5. The van der Waals surface area contributed by atoms with Gasteiger partial charge in [-0.15, -0.1) is 23.5 Å². The van der Waals surface area contributed by atoms with Gasteiger partial charge in [-0.25, -0.2) is 0 Å². The summed E-state index contributed by atoms with van der Waals surface area (Å²) < 4.78 is 28.8. The van der Waals surface area contributed by atoms with E-state index in [4.69, 9.17) is 29.4 Å². The van der Waals surface area contributed by atoms with Crippen LogP contribution in [0.2, 0.25) is 0 Å². The number of benzene rings is 6. The largest absolute Gasteiger partial charge is 0.494 e. The highest BCUT2D eigenvalue weighted by molar-refractivity contribution is 8.01. The lowest BCUT2D eigenvalue weighted by Crippen LogP contribution is -2.37. The third kappa shape index (κ3) is 16.6. The first kappa shape index (κ1) is 63.9. The van der Waals surface area contributed by atoms with Crippen molar-refractivity contribution in [2.45, 2.75) is 102 Å². The van der Waals surface area contributed by atoms with E-state index in [2.05, 4.69) is 27.8 Å². The molecule has 6 N–H and O–H groups in total. The summed E-state index contributed by atoms with van der Waals surface area (Å²) in [6.45, 7) is 15.6. The number of hydrogen-bond acceptors (Lipinski definition) is 14. The van der Waals surface area contributed by atoms with Crippen molar-refractivity contribution in [2.75, 3.05) is 56.6 Å². The molecule has 6 aromatic carbocycles. The van der Waals surface area contributed by atoms with Crippen molar-refractivity contribution in [1.29, 1.82) is 0 Å². The van der Waals surface area contributed by atoms with E-state index in [9.17, 15) is 29.1 Å². The Hall–Kier alpha value is -8.15. The molecule has 8 rings (SSSR count). The van der Waals surface area contributed by atoms with Crippen LogP contribution in [0, 0.1) is 24.2 Å². The van der Waals surface area contributed by atoms with Gasteiger partial charge in [-0.05, 0) is 174 Å². The Balaban J connectivity index is 0.874. The van der Waals surface area contributed by atoms with E-state index in [1.54, 1.807) is 59.4 Å². The lowest BCUT2D eigenvalue weighted by Gasteiger charge is -2.25. The van der Waals surface area contributed by atoms with Crippen LogP contribution in [-0.2, 0) is 27.2 Å². The number of aryl methyl sites for hydroxylation is 1. The minimum absolute atomic E-state index is 0.0288. The first-order valence-corrected chi connectivity index (χ1v) is 30.7. The molecule has 6 aromatic rings. The molecular weight excluding hydrogens is 1130 g/mol. The van der Waals surface area contributed by atoms with Crippen LogP contribution in [0.4, 0.5) is 11.4 Å². The molecule has 0 aromatic heterocycles. The van der Waals surface area contributed by atoms with Crippen LogP contribution in [0.25, 0.3) is 0 Å². The molecule has 2 aliphatic heterocycles. The van der Waals surface area contributed by atoms with Gasteiger partial charge >= 0.3 is 0 Å². The number of ether oxygens (including phenoxy) is 5. The molecule has 0 bridgehead atoms. The Labute approximate surface area is 512 Å². The molecule has 17 nitrogen and oxygen atoms in total. The van der Waals surface area contributed by atoms with Gasteiger partial charge in [-0.2, -0.15) is 0 Å². The van der Waals surface area contributed by atoms with Crippen molar-refractivity contribution < 1.29 is 52.8 Å². The monoisotopic (exact) mass is 1200 g/mol. The third-order valence-corrected chi connectivity index (χ3v) is 17.0. The first-order chi connectivity index (χ1) is 41.4. The number of anilines is 2. The number of amides is 5. The molecule has 0 saturated carbocycles. The quantitative estimate of drug-likeness (QED) is 0.0239. The minimum Gasteiger partial charge on any atom is -0.494 e. The summed E-state index contributed by atoms with van der Waals surface area (Å²) >= 11 is 2.84. The van der Waals surface area contributed by atoms with Gasteiger partial charge in [0.2, 0.25) is 23.6 Å². The van der Waals surface area contributed by atoms with E-state index in [1.165, 1.54) is 23.5 Å². The van der Waals surface area contributed by atoms with E-state index in [-0.39, 0.29) is 54.2 Å². The maximum absolute atomic E-state index is 14.5. The van der Waals surface area contributed by atoms with Gasteiger partial charge in [0.1, 0.15) is 22.7 Å². The number of nitrogens with zero attached hydrogens (tertiary/aromatic N) is 2.